The molecule has 0 fully saturated rings. The normalized spacial score (nSPS) is 11.0. The van der Waals surface area contributed by atoms with Crippen molar-refractivity contribution < 1.29 is 19.0 Å². The number of nitrogens with zero attached hydrogens (tertiary/aromatic N) is 3. The van der Waals surface area contributed by atoms with Gasteiger partial charge in [-0.25, -0.2) is 9.50 Å². The molecule has 9 nitrogen and oxygen atoms in total. The molecule has 0 saturated heterocycles. The minimum atomic E-state index is -0.271. The SMILES string of the molecule is COC(=O)Cc1ccc(Nc2nc3nc4cc(OC)c(OC)cc4n3[nH]2)cc1. The zero-order valence-electron chi connectivity index (χ0n) is 15.6. The number of imidazole rings is 1. The Kier molecular flexibility index (Phi) is 4.48. The largest absolute Gasteiger partial charge is 0.493 e. The number of aromatic nitrogens is 4. The fraction of sp³-hybridized carbons (Fsp3) is 0.211. The number of hydrogen-bond donors (Lipinski definition) is 2. The molecule has 0 amide bonds. The third kappa shape index (κ3) is 3.18. The highest BCUT2D eigenvalue weighted by atomic mass is 16.5. The predicted octanol–water partition coefficient (Wildman–Crippen LogP) is 2.69. The molecule has 0 bridgehead atoms. The third-order valence-electron chi connectivity index (χ3n) is 4.36. The first-order valence-electron chi connectivity index (χ1n) is 8.54. The van der Waals surface area contributed by atoms with E-state index >= 15 is 0 Å². The van der Waals surface area contributed by atoms with E-state index < -0.39 is 0 Å². The van der Waals surface area contributed by atoms with E-state index in [1.807, 2.05) is 36.4 Å². The summed E-state index contributed by atoms with van der Waals surface area (Å²) in [5, 5.41) is 6.36. The van der Waals surface area contributed by atoms with Crippen LogP contribution in [0.1, 0.15) is 5.56 Å². The van der Waals surface area contributed by atoms with Gasteiger partial charge in [-0.3, -0.25) is 9.89 Å². The van der Waals surface area contributed by atoms with Crippen LogP contribution in [0.3, 0.4) is 0 Å². The van der Waals surface area contributed by atoms with Crippen LogP contribution < -0.4 is 14.8 Å². The summed E-state index contributed by atoms with van der Waals surface area (Å²) in [5.41, 5.74) is 3.27. The van der Waals surface area contributed by atoms with Gasteiger partial charge in [0.15, 0.2) is 11.5 Å². The van der Waals surface area contributed by atoms with Gasteiger partial charge in [0.1, 0.15) is 0 Å². The summed E-state index contributed by atoms with van der Waals surface area (Å²) >= 11 is 0. The summed E-state index contributed by atoms with van der Waals surface area (Å²) < 4.78 is 17.1. The van der Waals surface area contributed by atoms with Crippen LogP contribution in [-0.2, 0) is 16.0 Å². The van der Waals surface area contributed by atoms with Crippen LogP contribution in [0.15, 0.2) is 36.4 Å². The van der Waals surface area contributed by atoms with Crippen molar-refractivity contribution >= 4 is 34.4 Å². The van der Waals surface area contributed by atoms with Gasteiger partial charge in [0.25, 0.3) is 5.78 Å². The molecule has 2 N–H and O–H groups in total. The van der Waals surface area contributed by atoms with Crippen molar-refractivity contribution in [1.82, 2.24) is 19.6 Å². The van der Waals surface area contributed by atoms with Crippen LogP contribution in [0, 0.1) is 0 Å². The Morgan fingerprint density at radius 1 is 1.07 bits per heavy atom. The molecular weight excluding hydrogens is 362 g/mol. The lowest BCUT2D eigenvalue weighted by Crippen LogP contribution is -2.04. The molecule has 0 atom stereocenters. The molecule has 28 heavy (non-hydrogen) atoms. The number of ether oxygens (including phenoxy) is 3. The zero-order chi connectivity index (χ0) is 19.7. The van der Waals surface area contributed by atoms with Crippen molar-refractivity contribution in [2.45, 2.75) is 6.42 Å². The number of methoxy groups -OCH3 is 3. The average Bonchev–Trinajstić information content (AvgIpc) is 3.25. The highest BCUT2D eigenvalue weighted by Crippen LogP contribution is 2.32. The number of nitrogens with one attached hydrogen (secondary N) is 2. The van der Waals surface area contributed by atoms with Crippen molar-refractivity contribution in [2.24, 2.45) is 0 Å². The molecule has 2 heterocycles. The van der Waals surface area contributed by atoms with Gasteiger partial charge in [0.2, 0.25) is 5.95 Å². The molecule has 9 heteroatoms. The molecule has 0 spiro atoms. The summed E-state index contributed by atoms with van der Waals surface area (Å²) in [6.07, 6.45) is 0.239. The fourth-order valence-electron chi connectivity index (χ4n) is 2.95. The van der Waals surface area contributed by atoms with E-state index in [9.17, 15) is 4.79 Å². The highest BCUT2D eigenvalue weighted by Gasteiger charge is 2.14. The second-order valence-electron chi connectivity index (χ2n) is 6.09. The first kappa shape index (κ1) is 17.7. The molecule has 2 aromatic heterocycles. The van der Waals surface area contributed by atoms with Gasteiger partial charge >= 0.3 is 5.97 Å². The lowest BCUT2D eigenvalue weighted by Gasteiger charge is -2.07. The molecule has 0 aliphatic heterocycles. The second-order valence-corrected chi connectivity index (χ2v) is 6.09. The van der Waals surface area contributed by atoms with E-state index in [0.717, 1.165) is 22.3 Å². The first-order valence-corrected chi connectivity index (χ1v) is 8.54. The number of fused-ring (bicyclic) bond motifs is 3. The molecular formula is C19H19N5O4. The van der Waals surface area contributed by atoms with Gasteiger partial charge in [-0.1, -0.05) is 12.1 Å². The Balaban J connectivity index is 1.60. The molecule has 0 aliphatic rings. The van der Waals surface area contributed by atoms with Gasteiger partial charge < -0.3 is 19.5 Å². The zero-order valence-corrected chi connectivity index (χ0v) is 15.6. The Labute approximate surface area is 160 Å². The van der Waals surface area contributed by atoms with Crippen LogP contribution in [0.5, 0.6) is 11.5 Å². The van der Waals surface area contributed by atoms with Crippen molar-refractivity contribution in [1.29, 1.82) is 0 Å². The predicted molar refractivity (Wildman–Crippen MR) is 103 cm³/mol. The molecule has 0 unspecified atom stereocenters. The van der Waals surface area contributed by atoms with E-state index in [1.165, 1.54) is 7.11 Å². The number of carbonyl (C=O) groups excluding carboxylic acids is 1. The molecule has 4 rings (SSSR count). The molecule has 0 radical (unpaired) electrons. The van der Waals surface area contributed by atoms with Crippen molar-refractivity contribution in [3.8, 4) is 11.5 Å². The van der Waals surface area contributed by atoms with E-state index in [-0.39, 0.29) is 12.4 Å². The van der Waals surface area contributed by atoms with Gasteiger partial charge in [0.05, 0.1) is 38.8 Å². The summed E-state index contributed by atoms with van der Waals surface area (Å²) in [6, 6.07) is 11.1. The van der Waals surface area contributed by atoms with Gasteiger partial charge in [0, 0.05) is 17.8 Å². The molecule has 2 aromatic carbocycles. The van der Waals surface area contributed by atoms with Crippen molar-refractivity contribution in [2.75, 3.05) is 26.6 Å². The summed E-state index contributed by atoms with van der Waals surface area (Å²) in [4.78, 5) is 20.3. The van der Waals surface area contributed by atoms with Gasteiger partial charge in [-0.2, -0.15) is 4.98 Å². The summed E-state index contributed by atoms with van der Waals surface area (Å²) in [5.74, 6) is 2.02. The maximum atomic E-state index is 11.3. The number of hydrogen-bond acceptors (Lipinski definition) is 7. The summed E-state index contributed by atoms with van der Waals surface area (Å²) in [7, 11) is 4.55. The standard InChI is InChI=1S/C19H19N5O4/c1-26-15-9-13-14(10-16(15)27-2)24-19(21-13)22-18(23-24)20-12-6-4-11(5-7-12)8-17(25)28-3/h4-7,9-10H,8H2,1-3H3,(H2,20,21,22,23). The Hall–Kier alpha value is -3.75. The quantitative estimate of drug-likeness (QED) is 0.495. The Morgan fingerprint density at radius 2 is 1.79 bits per heavy atom. The summed E-state index contributed by atoms with van der Waals surface area (Å²) in [6.45, 7) is 0. The first-order chi connectivity index (χ1) is 13.6. The average molecular weight is 381 g/mol. The number of aromatic amines is 1. The number of rotatable bonds is 6. The fourth-order valence-corrected chi connectivity index (χ4v) is 2.95. The molecule has 4 aromatic rings. The smallest absolute Gasteiger partial charge is 0.309 e. The number of anilines is 2. The maximum Gasteiger partial charge on any atom is 0.309 e. The van der Waals surface area contributed by atoms with Crippen LogP contribution in [0.2, 0.25) is 0 Å². The molecule has 144 valence electrons. The topological polar surface area (TPSA) is 103 Å². The second kappa shape index (κ2) is 7.10. The van der Waals surface area contributed by atoms with E-state index in [1.54, 1.807) is 18.7 Å². The monoisotopic (exact) mass is 381 g/mol. The van der Waals surface area contributed by atoms with E-state index in [2.05, 4.69) is 25.1 Å². The van der Waals surface area contributed by atoms with E-state index in [0.29, 0.717) is 23.2 Å². The number of esters is 1. The van der Waals surface area contributed by atoms with Crippen LogP contribution in [0.4, 0.5) is 11.6 Å². The minimum absolute atomic E-state index is 0.239. The van der Waals surface area contributed by atoms with Crippen LogP contribution in [-0.4, -0.2) is 46.9 Å². The molecule has 0 saturated carbocycles. The van der Waals surface area contributed by atoms with Gasteiger partial charge in [-0.15, -0.1) is 0 Å². The van der Waals surface area contributed by atoms with Crippen LogP contribution >= 0.6 is 0 Å². The maximum absolute atomic E-state index is 11.3. The highest BCUT2D eigenvalue weighted by molar-refractivity contribution is 5.83. The lowest BCUT2D eigenvalue weighted by molar-refractivity contribution is -0.139. The van der Waals surface area contributed by atoms with Crippen LogP contribution in [0.25, 0.3) is 16.8 Å². The Bertz CT molecular complexity index is 1150. The number of carbonyl (C=O) groups is 1. The van der Waals surface area contributed by atoms with Crippen molar-refractivity contribution in [3.63, 3.8) is 0 Å². The van der Waals surface area contributed by atoms with Gasteiger partial charge in [-0.05, 0) is 17.7 Å². The number of H-pyrrole nitrogens is 1. The minimum Gasteiger partial charge on any atom is -0.493 e. The Morgan fingerprint density at radius 3 is 2.46 bits per heavy atom. The van der Waals surface area contributed by atoms with E-state index in [4.69, 9.17) is 9.47 Å². The number of benzene rings is 2. The molecule has 0 aliphatic carbocycles. The lowest BCUT2D eigenvalue weighted by atomic mass is 10.1. The van der Waals surface area contributed by atoms with Crippen molar-refractivity contribution in [3.05, 3.63) is 42.0 Å². The third-order valence-corrected chi connectivity index (χ3v) is 4.36.